The lowest BCUT2D eigenvalue weighted by molar-refractivity contribution is 0.210. The first kappa shape index (κ1) is 16.9. The molecule has 0 amide bonds. The lowest BCUT2D eigenvalue weighted by Gasteiger charge is -2.28. The average molecular weight is 375 g/mol. The van der Waals surface area contributed by atoms with E-state index in [2.05, 4.69) is 32.2 Å². The zero-order valence-corrected chi connectivity index (χ0v) is 15.6. The summed E-state index contributed by atoms with van der Waals surface area (Å²) in [7, 11) is 2.15. The number of benzene rings is 1. The maximum atomic E-state index is 6.10. The van der Waals surface area contributed by atoms with Crippen LogP contribution < -0.4 is 5.73 Å². The summed E-state index contributed by atoms with van der Waals surface area (Å²) in [6, 6.07) is 9.92. The van der Waals surface area contributed by atoms with Gasteiger partial charge in [0, 0.05) is 11.8 Å². The molecule has 0 unspecified atom stereocenters. The molecule has 142 valence electrons. The normalized spacial score (nSPS) is 16.0. The van der Waals surface area contributed by atoms with E-state index in [0.717, 1.165) is 48.3 Å². The highest BCUT2D eigenvalue weighted by Gasteiger charge is 2.20. The van der Waals surface area contributed by atoms with Crippen molar-refractivity contribution in [3.63, 3.8) is 0 Å². The third-order valence-corrected chi connectivity index (χ3v) is 5.31. The summed E-state index contributed by atoms with van der Waals surface area (Å²) in [6.45, 7) is 2.15. The number of nitrogens with zero attached hydrogens (tertiary/aromatic N) is 6. The van der Waals surface area contributed by atoms with Crippen LogP contribution in [0.1, 0.15) is 18.9 Å². The van der Waals surface area contributed by atoms with Crippen LogP contribution in [0, 0.1) is 0 Å². The Balaban J connectivity index is 1.47. The van der Waals surface area contributed by atoms with Crippen molar-refractivity contribution in [2.45, 2.75) is 18.9 Å². The molecule has 1 aliphatic heterocycles. The molecular formula is C20H21N7O. The van der Waals surface area contributed by atoms with E-state index in [0.29, 0.717) is 23.3 Å². The first-order valence-corrected chi connectivity index (χ1v) is 9.39. The van der Waals surface area contributed by atoms with Gasteiger partial charge in [0.1, 0.15) is 17.0 Å². The van der Waals surface area contributed by atoms with E-state index in [1.165, 1.54) is 0 Å². The van der Waals surface area contributed by atoms with Crippen molar-refractivity contribution in [3.05, 3.63) is 42.7 Å². The molecule has 4 aromatic rings. The van der Waals surface area contributed by atoms with Crippen LogP contribution in [0.4, 0.5) is 5.82 Å². The summed E-state index contributed by atoms with van der Waals surface area (Å²) < 4.78 is 7.83. The maximum Gasteiger partial charge on any atom is 0.231 e. The van der Waals surface area contributed by atoms with Crippen LogP contribution >= 0.6 is 0 Å². The van der Waals surface area contributed by atoms with Crippen LogP contribution in [0.2, 0.25) is 0 Å². The van der Waals surface area contributed by atoms with E-state index >= 15 is 0 Å². The number of rotatable bonds is 3. The molecule has 0 spiro atoms. The number of nitrogens with two attached hydrogens (primary N) is 1. The van der Waals surface area contributed by atoms with E-state index < -0.39 is 0 Å². The molecule has 1 aromatic carbocycles. The average Bonchev–Trinajstić information content (AvgIpc) is 3.36. The Kier molecular flexibility index (Phi) is 4.05. The standard InChI is InChI=1S/C20H21N7O/c1-26-8-6-14(7-9-26)27-12-17(24-25-27)13-10-15(19(21)22-11-13)20-23-16-4-2-3-5-18(16)28-20/h2-5,10-12,14H,6-9H2,1H3,(H2,21,22). The Morgan fingerprint density at radius 1 is 1.18 bits per heavy atom. The molecule has 1 aliphatic rings. The highest BCUT2D eigenvalue weighted by atomic mass is 16.3. The van der Waals surface area contributed by atoms with Gasteiger partial charge in [0.2, 0.25) is 5.89 Å². The van der Waals surface area contributed by atoms with Crippen molar-refractivity contribution in [2.24, 2.45) is 0 Å². The second kappa shape index (κ2) is 6.72. The van der Waals surface area contributed by atoms with Gasteiger partial charge in [0.25, 0.3) is 0 Å². The van der Waals surface area contributed by atoms with Gasteiger partial charge < -0.3 is 15.1 Å². The number of para-hydroxylation sites is 2. The zero-order chi connectivity index (χ0) is 19.1. The van der Waals surface area contributed by atoms with Crippen molar-refractivity contribution >= 4 is 16.9 Å². The van der Waals surface area contributed by atoms with Crippen LogP contribution in [0.3, 0.4) is 0 Å². The lowest BCUT2D eigenvalue weighted by atomic mass is 10.1. The molecule has 8 heteroatoms. The third kappa shape index (κ3) is 3.01. The largest absolute Gasteiger partial charge is 0.436 e. The molecule has 28 heavy (non-hydrogen) atoms. The third-order valence-electron chi connectivity index (χ3n) is 5.31. The van der Waals surface area contributed by atoms with Gasteiger partial charge in [-0.1, -0.05) is 17.3 Å². The van der Waals surface area contributed by atoms with E-state index in [1.54, 1.807) is 6.20 Å². The molecule has 0 radical (unpaired) electrons. The number of pyridine rings is 1. The molecule has 0 aliphatic carbocycles. The summed E-state index contributed by atoms with van der Waals surface area (Å²) in [5, 5.41) is 8.71. The first-order valence-electron chi connectivity index (χ1n) is 9.39. The number of piperidine rings is 1. The molecule has 0 bridgehead atoms. The smallest absolute Gasteiger partial charge is 0.231 e. The monoisotopic (exact) mass is 375 g/mol. The number of oxazole rings is 1. The van der Waals surface area contributed by atoms with Gasteiger partial charge >= 0.3 is 0 Å². The second-order valence-electron chi connectivity index (χ2n) is 7.26. The van der Waals surface area contributed by atoms with Crippen molar-refractivity contribution in [2.75, 3.05) is 25.9 Å². The summed E-state index contributed by atoms with van der Waals surface area (Å²) >= 11 is 0. The van der Waals surface area contributed by atoms with Gasteiger partial charge in [-0.3, -0.25) is 0 Å². The summed E-state index contributed by atoms with van der Waals surface area (Å²) in [5.74, 6) is 0.828. The van der Waals surface area contributed by atoms with Gasteiger partial charge in [-0.25, -0.2) is 14.6 Å². The van der Waals surface area contributed by atoms with Crippen molar-refractivity contribution in [3.8, 4) is 22.7 Å². The van der Waals surface area contributed by atoms with E-state index in [9.17, 15) is 0 Å². The van der Waals surface area contributed by atoms with Gasteiger partial charge in [0.05, 0.1) is 17.8 Å². The Morgan fingerprint density at radius 3 is 2.82 bits per heavy atom. The Labute approximate surface area is 162 Å². The number of hydrogen-bond donors (Lipinski definition) is 1. The van der Waals surface area contributed by atoms with Crippen molar-refractivity contribution in [1.82, 2.24) is 29.9 Å². The number of fused-ring (bicyclic) bond motifs is 1. The molecule has 8 nitrogen and oxygen atoms in total. The van der Waals surface area contributed by atoms with Crippen molar-refractivity contribution < 1.29 is 4.42 Å². The lowest BCUT2D eigenvalue weighted by Crippen LogP contribution is -2.31. The Bertz CT molecular complexity index is 1090. The van der Waals surface area contributed by atoms with Gasteiger partial charge in [-0.15, -0.1) is 5.10 Å². The fourth-order valence-electron chi connectivity index (χ4n) is 3.62. The van der Waals surface area contributed by atoms with E-state index in [1.807, 2.05) is 41.2 Å². The highest BCUT2D eigenvalue weighted by Crippen LogP contribution is 2.31. The molecule has 0 saturated carbocycles. The van der Waals surface area contributed by atoms with Crippen molar-refractivity contribution in [1.29, 1.82) is 0 Å². The predicted octanol–water partition coefficient (Wildman–Crippen LogP) is 3.00. The van der Waals surface area contributed by atoms with Gasteiger partial charge in [-0.2, -0.15) is 0 Å². The van der Waals surface area contributed by atoms with Crippen LogP contribution in [-0.4, -0.2) is 50.0 Å². The summed E-state index contributed by atoms with van der Waals surface area (Å²) in [5.41, 5.74) is 9.87. The van der Waals surface area contributed by atoms with Gasteiger partial charge in [-0.05, 0) is 51.2 Å². The molecule has 2 N–H and O–H groups in total. The maximum absolute atomic E-state index is 6.10. The Hall–Kier alpha value is -3.26. The number of nitrogen functional groups attached to an aromatic ring is 1. The van der Waals surface area contributed by atoms with Crippen LogP contribution in [0.25, 0.3) is 33.8 Å². The molecule has 4 heterocycles. The number of hydrogen-bond acceptors (Lipinski definition) is 7. The van der Waals surface area contributed by atoms with E-state index in [-0.39, 0.29) is 0 Å². The fraction of sp³-hybridized carbons (Fsp3) is 0.300. The number of aromatic nitrogens is 5. The molecule has 1 saturated heterocycles. The molecule has 1 fully saturated rings. The minimum absolute atomic E-state index is 0.373. The topological polar surface area (TPSA) is 98.9 Å². The minimum Gasteiger partial charge on any atom is -0.436 e. The SMILES string of the molecule is CN1CCC(n2cc(-c3cnc(N)c(-c4nc5ccccc5o4)c3)nn2)CC1. The molecule has 5 rings (SSSR count). The highest BCUT2D eigenvalue weighted by molar-refractivity contribution is 5.80. The predicted molar refractivity (Wildman–Crippen MR) is 106 cm³/mol. The molecule has 0 atom stereocenters. The van der Waals surface area contributed by atoms with Crippen LogP contribution in [-0.2, 0) is 0 Å². The number of anilines is 1. The van der Waals surface area contributed by atoms with Gasteiger partial charge in [0.15, 0.2) is 5.58 Å². The van der Waals surface area contributed by atoms with Crippen LogP contribution in [0.5, 0.6) is 0 Å². The van der Waals surface area contributed by atoms with Crippen LogP contribution in [0.15, 0.2) is 47.1 Å². The second-order valence-corrected chi connectivity index (χ2v) is 7.26. The quantitative estimate of drug-likeness (QED) is 0.587. The zero-order valence-electron chi connectivity index (χ0n) is 15.6. The summed E-state index contributed by atoms with van der Waals surface area (Å²) in [6.07, 6.45) is 5.85. The molecule has 3 aromatic heterocycles. The minimum atomic E-state index is 0.373. The number of likely N-dealkylation sites (tertiary alicyclic amines) is 1. The van der Waals surface area contributed by atoms with E-state index in [4.69, 9.17) is 10.2 Å². The Morgan fingerprint density at radius 2 is 2.00 bits per heavy atom. The first-order chi connectivity index (χ1) is 13.7. The fourth-order valence-corrected chi connectivity index (χ4v) is 3.62. The molecular weight excluding hydrogens is 354 g/mol. The summed E-state index contributed by atoms with van der Waals surface area (Å²) in [4.78, 5) is 11.2.